The molecule has 0 bridgehead atoms. The van der Waals surface area contributed by atoms with Crippen LogP contribution in [0.1, 0.15) is 15.9 Å². The number of methoxy groups -OCH3 is 1. The number of halogens is 1. The first kappa shape index (κ1) is 16.5. The SMILES string of the molecule is COc1ccc(OS(=O)(=O)c2ccc(C#N)c(F)c2)c(C=O)c1. The molecule has 0 radical (unpaired) electrons. The summed E-state index contributed by atoms with van der Waals surface area (Å²) in [5, 5.41) is 8.64. The van der Waals surface area contributed by atoms with Crippen molar-refractivity contribution >= 4 is 16.4 Å². The standard InChI is InChI=1S/C15H10FNO5S/c1-21-12-3-5-15(11(6-12)9-18)22-23(19,20)13-4-2-10(8-17)14(16)7-13/h2-7,9H,1H3. The number of carbonyl (C=O) groups excluding carboxylic acids is 1. The first-order valence-electron chi connectivity index (χ1n) is 6.18. The number of nitriles is 1. The molecule has 0 saturated heterocycles. The Morgan fingerprint density at radius 3 is 2.52 bits per heavy atom. The molecular weight excluding hydrogens is 325 g/mol. The molecule has 2 aromatic carbocycles. The fraction of sp³-hybridized carbons (Fsp3) is 0.0667. The molecule has 0 amide bonds. The van der Waals surface area contributed by atoms with E-state index in [1.807, 2.05) is 0 Å². The summed E-state index contributed by atoms with van der Waals surface area (Å²) in [6, 6.07) is 8.30. The molecule has 2 rings (SSSR count). The second kappa shape index (κ2) is 6.46. The van der Waals surface area contributed by atoms with E-state index in [9.17, 15) is 17.6 Å². The van der Waals surface area contributed by atoms with Crippen molar-refractivity contribution < 1.29 is 26.5 Å². The van der Waals surface area contributed by atoms with Gasteiger partial charge in [-0.05, 0) is 36.4 Å². The molecule has 0 heterocycles. The van der Waals surface area contributed by atoms with Gasteiger partial charge in [-0.2, -0.15) is 13.7 Å². The second-order valence-corrected chi connectivity index (χ2v) is 5.86. The lowest BCUT2D eigenvalue weighted by molar-refractivity contribution is 0.112. The number of hydrogen-bond acceptors (Lipinski definition) is 6. The maximum absolute atomic E-state index is 13.5. The predicted molar refractivity (Wildman–Crippen MR) is 77.3 cm³/mol. The molecule has 0 aromatic heterocycles. The van der Waals surface area contributed by atoms with Crippen LogP contribution in [0.2, 0.25) is 0 Å². The van der Waals surface area contributed by atoms with Crippen LogP contribution in [0.25, 0.3) is 0 Å². The fourth-order valence-corrected chi connectivity index (χ4v) is 2.70. The first-order chi connectivity index (χ1) is 10.9. The van der Waals surface area contributed by atoms with Crippen LogP contribution in [0.5, 0.6) is 11.5 Å². The predicted octanol–water partition coefficient (Wildman–Crippen LogP) is 2.29. The molecule has 6 nitrogen and oxygen atoms in total. The summed E-state index contributed by atoms with van der Waals surface area (Å²) in [5.41, 5.74) is -0.330. The third-order valence-electron chi connectivity index (χ3n) is 2.89. The Hall–Kier alpha value is -2.92. The Morgan fingerprint density at radius 2 is 1.96 bits per heavy atom. The number of hydrogen-bond donors (Lipinski definition) is 0. The molecule has 0 aliphatic heterocycles. The van der Waals surface area contributed by atoms with Crippen LogP contribution in [0, 0.1) is 17.1 Å². The molecule has 8 heteroatoms. The van der Waals surface area contributed by atoms with Crippen LogP contribution < -0.4 is 8.92 Å². The second-order valence-electron chi connectivity index (χ2n) is 4.31. The summed E-state index contributed by atoms with van der Waals surface area (Å²) in [5.74, 6) is -0.852. The fourth-order valence-electron chi connectivity index (χ4n) is 1.73. The van der Waals surface area contributed by atoms with Crippen LogP contribution in [-0.4, -0.2) is 21.8 Å². The molecule has 23 heavy (non-hydrogen) atoms. The monoisotopic (exact) mass is 335 g/mol. The average molecular weight is 335 g/mol. The molecule has 0 saturated carbocycles. The molecule has 118 valence electrons. The van der Waals surface area contributed by atoms with Gasteiger partial charge >= 0.3 is 10.1 Å². The van der Waals surface area contributed by atoms with E-state index in [-0.39, 0.29) is 16.9 Å². The normalized spacial score (nSPS) is 10.7. The van der Waals surface area contributed by atoms with Crippen molar-refractivity contribution in [3.63, 3.8) is 0 Å². The Bertz CT molecular complexity index is 903. The summed E-state index contributed by atoms with van der Waals surface area (Å²) in [6.07, 6.45) is 0.409. The van der Waals surface area contributed by atoms with Gasteiger partial charge in [0.25, 0.3) is 0 Å². The summed E-state index contributed by atoms with van der Waals surface area (Å²) >= 11 is 0. The maximum Gasteiger partial charge on any atom is 0.339 e. The highest BCUT2D eigenvalue weighted by atomic mass is 32.2. The molecule has 2 aromatic rings. The van der Waals surface area contributed by atoms with Crippen LogP contribution in [0.4, 0.5) is 4.39 Å². The van der Waals surface area contributed by atoms with Crippen LogP contribution in [0.15, 0.2) is 41.3 Å². The third-order valence-corrected chi connectivity index (χ3v) is 4.12. The minimum Gasteiger partial charge on any atom is -0.497 e. The molecule has 0 spiro atoms. The van der Waals surface area contributed by atoms with Gasteiger partial charge in [-0.15, -0.1) is 0 Å². The highest BCUT2D eigenvalue weighted by molar-refractivity contribution is 7.87. The number of aldehydes is 1. The van der Waals surface area contributed by atoms with Crippen molar-refractivity contribution in [1.82, 2.24) is 0 Å². The third kappa shape index (κ3) is 3.46. The van der Waals surface area contributed by atoms with Gasteiger partial charge in [-0.3, -0.25) is 4.79 Å². The first-order valence-corrected chi connectivity index (χ1v) is 7.59. The lowest BCUT2D eigenvalue weighted by Gasteiger charge is -2.10. The summed E-state index contributed by atoms with van der Waals surface area (Å²) in [7, 11) is -2.97. The van der Waals surface area contributed by atoms with E-state index in [2.05, 4.69) is 0 Å². The van der Waals surface area contributed by atoms with Gasteiger partial charge in [0.05, 0.1) is 18.2 Å². The van der Waals surface area contributed by atoms with Crippen molar-refractivity contribution in [2.45, 2.75) is 4.90 Å². The highest BCUT2D eigenvalue weighted by Crippen LogP contribution is 2.26. The van der Waals surface area contributed by atoms with E-state index in [4.69, 9.17) is 14.2 Å². The van der Waals surface area contributed by atoms with Gasteiger partial charge in [0.15, 0.2) is 12.0 Å². The zero-order chi connectivity index (χ0) is 17.0. The maximum atomic E-state index is 13.5. The van der Waals surface area contributed by atoms with Gasteiger partial charge in [0.2, 0.25) is 0 Å². The topological polar surface area (TPSA) is 93.5 Å². The number of ether oxygens (including phenoxy) is 1. The Morgan fingerprint density at radius 1 is 1.22 bits per heavy atom. The molecule has 0 unspecified atom stereocenters. The van der Waals surface area contributed by atoms with Gasteiger partial charge in [-0.25, -0.2) is 4.39 Å². The Balaban J connectivity index is 2.41. The molecule has 0 fully saturated rings. The number of benzene rings is 2. The average Bonchev–Trinajstić information content (AvgIpc) is 2.54. The lowest BCUT2D eigenvalue weighted by Crippen LogP contribution is -2.11. The van der Waals surface area contributed by atoms with Crippen LogP contribution in [0.3, 0.4) is 0 Å². The van der Waals surface area contributed by atoms with E-state index in [1.165, 1.54) is 25.3 Å². The Labute approximate surface area is 131 Å². The minimum absolute atomic E-state index is 0.0398. The van der Waals surface area contributed by atoms with Gasteiger partial charge < -0.3 is 8.92 Å². The largest absolute Gasteiger partial charge is 0.497 e. The lowest BCUT2D eigenvalue weighted by atomic mass is 10.2. The molecule has 0 aliphatic rings. The summed E-state index contributed by atoms with van der Waals surface area (Å²) in [4.78, 5) is 10.6. The van der Waals surface area contributed by atoms with Gasteiger partial charge in [0.1, 0.15) is 22.5 Å². The number of carbonyl (C=O) groups is 1. The number of rotatable bonds is 5. The zero-order valence-electron chi connectivity index (χ0n) is 11.8. The quantitative estimate of drug-likeness (QED) is 0.615. The van der Waals surface area contributed by atoms with Crippen molar-refractivity contribution in [1.29, 1.82) is 5.26 Å². The molecule has 0 atom stereocenters. The van der Waals surface area contributed by atoms with E-state index < -0.39 is 20.8 Å². The van der Waals surface area contributed by atoms with E-state index in [1.54, 1.807) is 6.07 Å². The van der Waals surface area contributed by atoms with Crippen molar-refractivity contribution in [2.24, 2.45) is 0 Å². The van der Waals surface area contributed by atoms with Gasteiger partial charge in [0, 0.05) is 0 Å². The highest BCUT2D eigenvalue weighted by Gasteiger charge is 2.20. The van der Waals surface area contributed by atoms with Crippen LogP contribution in [-0.2, 0) is 10.1 Å². The van der Waals surface area contributed by atoms with Crippen LogP contribution >= 0.6 is 0 Å². The number of nitrogens with zero attached hydrogens (tertiary/aromatic N) is 1. The Kier molecular flexibility index (Phi) is 4.62. The molecular formula is C15H10FNO5S. The zero-order valence-corrected chi connectivity index (χ0v) is 12.6. The van der Waals surface area contributed by atoms with E-state index in [0.29, 0.717) is 18.1 Å². The summed E-state index contributed by atoms with van der Waals surface area (Å²) < 4.78 is 47.7. The van der Waals surface area contributed by atoms with Gasteiger partial charge in [-0.1, -0.05) is 0 Å². The smallest absolute Gasteiger partial charge is 0.339 e. The van der Waals surface area contributed by atoms with E-state index >= 15 is 0 Å². The van der Waals surface area contributed by atoms with Crippen molar-refractivity contribution in [3.05, 3.63) is 53.3 Å². The summed E-state index contributed by atoms with van der Waals surface area (Å²) in [6.45, 7) is 0. The molecule has 0 aliphatic carbocycles. The van der Waals surface area contributed by atoms with E-state index in [0.717, 1.165) is 12.1 Å². The van der Waals surface area contributed by atoms with Crippen molar-refractivity contribution in [3.8, 4) is 17.6 Å². The molecule has 0 N–H and O–H groups in total. The minimum atomic E-state index is -4.36. The van der Waals surface area contributed by atoms with Crippen molar-refractivity contribution in [2.75, 3.05) is 7.11 Å².